The summed E-state index contributed by atoms with van der Waals surface area (Å²) in [6.45, 7) is 2.87. The molecule has 0 saturated carbocycles. The lowest BCUT2D eigenvalue weighted by atomic mass is 10.0. The van der Waals surface area contributed by atoms with Crippen LogP contribution < -0.4 is 4.90 Å². The van der Waals surface area contributed by atoms with Gasteiger partial charge in [0.15, 0.2) is 5.76 Å². The number of halogens is 3. The average molecular weight is 544 g/mol. The largest absolute Gasteiger partial charge is 0.492 e. The van der Waals surface area contributed by atoms with Crippen molar-refractivity contribution >= 4 is 45.2 Å². The van der Waals surface area contributed by atoms with E-state index in [2.05, 4.69) is 19.9 Å². The molecular formula is C25H20Cl2FN5O2S. The van der Waals surface area contributed by atoms with Crippen LogP contribution in [0.25, 0.3) is 16.5 Å². The van der Waals surface area contributed by atoms with Crippen molar-refractivity contribution in [2.24, 2.45) is 0 Å². The topological polar surface area (TPSA) is 70.0 Å². The summed E-state index contributed by atoms with van der Waals surface area (Å²) in [6, 6.07) is 15.1. The summed E-state index contributed by atoms with van der Waals surface area (Å²) >= 11 is 14.2. The third kappa shape index (κ3) is 4.22. The van der Waals surface area contributed by atoms with Gasteiger partial charge in [0, 0.05) is 41.9 Å². The smallest absolute Gasteiger partial charge is 0.230 e. The minimum Gasteiger partial charge on any atom is -0.492 e. The molecule has 3 aromatic heterocycles. The molecule has 11 heteroatoms. The van der Waals surface area contributed by atoms with E-state index in [9.17, 15) is 9.50 Å². The molecule has 1 aliphatic rings. The second-order valence-corrected chi connectivity index (χ2v) is 10.3. The maximum absolute atomic E-state index is 13.4. The summed E-state index contributed by atoms with van der Waals surface area (Å²) in [7, 11) is 0. The van der Waals surface area contributed by atoms with Crippen molar-refractivity contribution in [2.75, 3.05) is 31.1 Å². The van der Waals surface area contributed by atoms with Crippen LogP contribution in [0.1, 0.15) is 16.5 Å². The number of hydrogen-bond donors (Lipinski definition) is 1. The van der Waals surface area contributed by atoms with Crippen molar-refractivity contribution in [3.8, 4) is 17.5 Å². The third-order valence-electron chi connectivity index (χ3n) is 6.32. The Hall–Kier alpha value is -3.11. The molecule has 184 valence electrons. The third-order valence-corrected chi connectivity index (χ3v) is 7.95. The number of aromatic nitrogens is 3. The van der Waals surface area contributed by atoms with Gasteiger partial charge < -0.3 is 14.4 Å². The van der Waals surface area contributed by atoms with Crippen LogP contribution in [0.3, 0.4) is 0 Å². The molecule has 0 bridgehead atoms. The maximum atomic E-state index is 13.4. The van der Waals surface area contributed by atoms with Gasteiger partial charge in [-0.05, 0) is 54.1 Å². The number of anilines is 1. The molecular weight excluding hydrogens is 524 g/mol. The monoisotopic (exact) mass is 543 g/mol. The molecule has 0 amide bonds. The molecule has 36 heavy (non-hydrogen) atoms. The van der Waals surface area contributed by atoms with Gasteiger partial charge in [-0.2, -0.15) is 9.50 Å². The highest BCUT2D eigenvalue weighted by Crippen LogP contribution is 2.43. The Balaban J connectivity index is 1.35. The Labute approximate surface area is 219 Å². The standard InChI is InChI=1S/C25H20Cl2FN5O2S/c26-15-3-8-18(19(27)14-15)21(32-11-9-31(10-12-32)17-6-4-16(28)5-7-17)22-24(34)33-25(36-22)29-23(30-33)20-2-1-13-35-20/h1-8,13-14,21,34H,9-12H2/t21-/m0/s1. The number of piperazine rings is 1. The summed E-state index contributed by atoms with van der Waals surface area (Å²) in [5, 5.41) is 16.8. The van der Waals surface area contributed by atoms with Crippen LogP contribution in [-0.2, 0) is 0 Å². The van der Waals surface area contributed by atoms with Gasteiger partial charge in [-0.3, -0.25) is 4.90 Å². The molecule has 5 aromatic rings. The lowest BCUT2D eigenvalue weighted by Crippen LogP contribution is -2.47. The molecule has 1 saturated heterocycles. The summed E-state index contributed by atoms with van der Waals surface area (Å²) < 4.78 is 20.2. The van der Waals surface area contributed by atoms with Crippen molar-refractivity contribution in [3.63, 3.8) is 0 Å². The molecule has 0 aliphatic carbocycles. The van der Waals surface area contributed by atoms with Crippen LogP contribution in [0.2, 0.25) is 10.0 Å². The number of aromatic hydroxyl groups is 1. The average Bonchev–Trinajstić information content (AvgIpc) is 3.61. The fourth-order valence-corrected chi connectivity index (χ4v) is 6.18. The van der Waals surface area contributed by atoms with Crippen molar-refractivity contribution in [1.29, 1.82) is 0 Å². The molecule has 0 unspecified atom stereocenters. The molecule has 0 radical (unpaired) electrons. The van der Waals surface area contributed by atoms with E-state index in [-0.39, 0.29) is 17.7 Å². The zero-order chi connectivity index (χ0) is 24.8. The highest BCUT2D eigenvalue weighted by atomic mass is 35.5. The van der Waals surface area contributed by atoms with E-state index >= 15 is 0 Å². The molecule has 1 aliphatic heterocycles. The first-order valence-corrected chi connectivity index (χ1v) is 12.9. The Bertz CT molecular complexity index is 1510. The predicted octanol–water partition coefficient (Wildman–Crippen LogP) is 6.11. The van der Waals surface area contributed by atoms with Gasteiger partial charge in [0.1, 0.15) is 5.82 Å². The van der Waals surface area contributed by atoms with Gasteiger partial charge in [-0.15, -0.1) is 5.10 Å². The fraction of sp³-hybridized carbons (Fsp3) is 0.200. The first-order chi connectivity index (χ1) is 17.5. The zero-order valence-corrected chi connectivity index (χ0v) is 21.1. The number of rotatable bonds is 5. The number of hydrogen-bond acceptors (Lipinski definition) is 7. The van der Waals surface area contributed by atoms with Crippen LogP contribution >= 0.6 is 34.5 Å². The number of nitrogens with zero attached hydrogens (tertiary/aromatic N) is 5. The van der Waals surface area contributed by atoms with E-state index in [1.807, 2.05) is 6.07 Å². The highest BCUT2D eigenvalue weighted by Gasteiger charge is 2.33. The second kappa shape index (κ2) is 9.40. The van der Waals surface area contributed by atoms with Gasteiger partial charge >= 0.3 is 0 Å². The van der Waals surface area contributed by atoms with Crippen molar-refractivity contribution in [2.45, 2.75) is 6.04 Å². The quantitative estimate of drug-likeness (QED) is 0.288. The van der Waals surface area contributed by atoms with Crippen LogP contribution in [0, 0.1) is 5.82 Å². The van der Waals surface area contributed by atoms with Gasteiger partial charge in [0.05, 0.1) is 17.2 Å². The van der Waals surface area contributed by atoms with E-state index in [4.69, 9.17) is 27.6 Å². The minimum absolute atomic E-state index is 0.0114. The first kappa shape index (κ1) is 23.3. The molecule has 1 atom stereocenters. The van der Waals surface area contributed by atoms with Gasteiger partial charge in [-0.1, -0.05) is 40.6 Å². The van der Waals surface area contributed by atoms with E-state index in [0.717, 1.165) is 24.3 Å². The molecule has 7 nitrogen and oxygen atoms in total. The Morgan fingerprint density at radius 1 is 1.03 bits per heavy atom. The summed E-state index contributed by atoms with van der Waals surface area (Å²) in [4.78, 5) is 10.3. The minimum atomic E-state index is -0.328. The van der Waals surface area contributed by atoms with Gasteiger partial charge in [0.25, 0.3) is 0 Å². The van der Waals surface area contributed by atoms with Crippen molar-refractivity contribution in [1.82, 2.24) is 19.5 Å². The molecule has 1 fully saturated rings. The van der Waals surface area contributed by atoms with Crippen LogP contribution in [0.5, 0.6) is 5.88 Å². The number of furan rings is 1. The van der Waals surface area contributed by atoms with E-state index < -0.39 is 0 Å². The van der Waals surface area contributed by atoms with Gasteiger partial charge in [0.2, 0.25) is 16.7 Å². The maximum Gasteiger partial charge on any atom is 0.230 e. The number of fused-ring (bicyclic) bond motifs is 1. The van der Waals surface area contributed by atoms with E-state index in [1.165, 1.54) is 28.0 Å². The Kier molecular flexibility index (Phi) is 6.08. The molecule has 0 spiro atoms. The number of thiazole rings is 1. The first-order valence-electron chi connectivity index (χ1n) is 11.3. The van der Waals surface area contributed by atoms with Gasteiger partial charge in [-0.25, -0.2) is 4.39 Å². The fourth-order valence-electron chi connectivity index (χ4n) is 4.56. The van der Waals surface area contributed by atoms with Crippen molar-refractivity contribution in [3.05, 3.63) is 87.2 Å². The Morgan fingerprint density at radius 3 is 2.47 bits per heavy atom. The highest BCUT2D eigenvalue weighted by molar-refractivity contribution is 7.17. The van der Waals surface area contributed by atoms with Crippen LogP contribution in [0.15, 0.2) is 65.3 Å². The second-order valence-electron chi connectivity index (χ2n) is 8.46. The molecule has 2 aromatic carbocycles. The van der Waals surface area contributed by atoms with Crippen LogP contribution in [-0.4, -0.2) is 50.8 Å². The molecule has 1 N–H and O–H groups in total. The van der Waals surface area contributed by atoms with E-state index in [1.54, 1.807) is 42.7 Å². The zero-order valence-electron chi connectivity index (χ0n) is 18.8. The van der Waals surface area contributed by atoms with Crippen LogP contribution in [0.4, 0.5) is 10.1 Å². The Morgan fingerprint density at radius 2 is 1.81 bits per heavy atom. The normalized spacial score (nSPS) is 15.6. The molecule has 6 rings (SSSR count). The summed E-state index contributed by atoms with van der Waals surface area (Å²) in [5.74, 6) is 0.692. The molecule has 4 heterocycles. The van der Waals surface area contributed by atoms with E-state index in [0.29, 0.717) is 44.6 Å². The lowest BCUT2D eigenvalue weighted by molar-refractivity contribution is 0.211. The summed E-state index contributed by atoms with van der Waals surface area (Å²) in [6.07, 6.45) is 1.56. The lowest BCUT2D eigenvalue weighted by Gasteiger charge is -2.40. The summed E-state index contributed by atoms with van der Waals surface area (Å²) in [5.41, 5.74) is 1.81. The SMILES string of the molecule is Oc1c([C@H](c2ccc(Cl)cc2Cl)N2CCN(c3ccc(F)cc3)CC2)sc2nc(-c3ccco3)nn12. The predicted molar refractivity (Wildman–Crippen MR) is 139 cm³/mol. The van der Waals surface area contributed by atoms with Crippen molar-refractivity contribution < 1.29 is 13.9 Å². The number of benzene rings is 2.